The summed E-state index contributed by atoms with van der Waals surface area (Å²) in [6, 6.07) is 16.0. The molecule has 0 bridgehead atoms. The standard InChI is InChI=1S/C21H23ClN2O.C2HF3O2/c1-3-4-12-19-21(17-10-6-8-13-20(17)25-2)23-15-24(19)14-16-9-5-7-11-18(16)22;3-2(4,5)1(6)7/h5-11,13,15H,3-4,12,14H2,1-2H3;(H,6,7). The maximum absolute atomic E-state index is 10.6. The summed E-state index contributed by atoms with van der Waals surface area (Å²) in [4.78, 5) is 13.6. The third-order valence-electron chi connectivity index (χ3n) is 4.62. The molecule has 0 aliphatic rings. The first-order valence-electron chi connectivity index (χ1n) is 9.89. The molecule has 1 heterocycles. The third-order valence-corrected chi connectivity index (χ3v) is 4.99. The third kappa shape index (κ3) is 6.75. The summed E-state index contributed by atoms with van der Waals surface area (Å²) in [7, 11) is 1.70. The molecule has 1 aromatic heterocycles. The van der Waals surface area contributed by atoms with Gasteiger partial charge in [0.05, 0.1) is 25.7 Å². The van der Waals surface area contributed by atoms with Crippen molar-refractivity contribution in [1.82, 2.24) is 9.55 Å². The van der Waals surface area contributed by atoms with E-state index in [4.69, 9.17) is 31.2 Å². The lowest BCUT2D eigenvalue weighted by Crippen LogP contribution is -2.21. The summed E-state index contributed by atoms with van der Waals surface area (Å²) < 4.78 is 39.5. The van der Waals surface area contributed by atoms with Crippen LogP contribution in [0.4, 0.5) is 13.2 Å². The molecule has 32 heavy (non-hydrogen) atoms. The van der Waals surface area contributed by atoms with Crippen molar-refractivity contribution in [2.45, 2.75) is 38.9 Å². The number of carboxylic acids is 1. The molecule has 0 unspecified atom stereocenters. The summed E-state index contributed by atoms with van der Waals surface area (Å²) in [5.41, 5.74) is 4.36. The van der Waals surface area contributed by atoms with Crippen molar-refractivity contribution in [3.05, 3.63) is 71.1 Å². The first-order valence-corrected chi connectivity index (χ1v) is 10.3. The zero-order chi connectivity index (χ0) is 23.7. The van der Waals surface area contributed by atoms with Crippen molar-refractivity contribution in [2.75, 3.05) is 7.11 Å². The Morgan fingerprint density at radius 1 is 1.16 bits per heavy atom. The number of para-hydroxylation sites is 1. The molecule has 0 saturated carbocycles. The van der Waals surface area contributed by atoms with Gasteiger partial charge in [-0.05, 0) is 36.6 Å². The van der Waals surface area contributed by atoms with Gasteiger partial charge in [0.25, 0.3) is 0 Å². The summed E-state index contributed by atoms with van der Waals surface area (Å²) in [6.07, 6.45) is 0.0728. The fraction of sp³-hybridized carbons (Fsp3) is 0.304. The molecule has 5 nitrogen and oxygen atoms in total. The molecule has 0 spiro atoms. The Morgan fingerprint density at radius 3 is 2.38 bits per heavy atom. The van der Waals surface area contributed by atoms with E-state index in [1.54, 1.807) is 7.11 Å². The van der Waals surface area contributed by atoms with Gasteiger partial charge in [0.1, 0.15) is 5.75 Å². The van der Waals surface area contributed by atoms with E-state index in [1.807, 2.05) is 42.7 Å². The van der Waals surface area contributed by atoms with Gasteiger partial charge in [-0.25, -0.2) is 9.78 Å². The molecule has 0 radical (unpaired) electrons. The van der Waals surface area contributed by atoms with Crippen LogP contribution in [0.3, 0.4) is 0 Å². The van der Waals surface area contributed by atoms with E-state index in [0.29, 0.717) is 0 Å². The molecule has 3 rings (SSSR count). The van der Waals surface area contributed by atoms with Crippen LogP contribution in [0.1, 0.15) is 31.0 Å². The smallest absolute Gasteiger partial charge is 0.490 e. The maximum Gasteiger partial charge on any atom is 0.490 e. The number of nitrogens with zero attached hydrogens (tertiary/aromatic N) is 2. The average Bonchev–Trinajstić information content (AvgIpc) is 3.15. The van der Waals surface area contributed by atoms with Crippen LogP contribution in [-0.4, -0.2) is 33.9 Å². The Kier molecular flexibility index (Phi) is 9.13. The van der Waals surface area contributed by atoms with Crippen LogP contribution < -0.4 is 4.74 Å². The second kappa shape index (κ2) is 11.6. The van der Waals surface area contributed by atoms with Crippen molar-refractivity contribution < 1.29 is 27.8 Å². The van der Waals surface area contributed by atoms with Crippen LogP contribution in [-0.2, 0) is 17.8 Å². The molecule has 0 atom stereocenters. The fourth-order valence-electron chi connectivity index (χ4n) is 3.03. The Hall–Kier alpha value is -3.00. The van der Waals surface area contributed by atoms with Crippen LogP contribution in [0.25, 0.3) is 11.3 Å². The van der Waals surface area contributed by atoms with Gasteiger partial charge in [-0.1, -0.05) is 55.3 Å². The number of alkyl halides is 3. The van der Waals surface area contributed by atoms with Gasteiger partial charge in [-0.15, -0.1) is 0 Å². The number of rotatable bonds is 7. The normalized spacial score (nSPS) is 10.9. The summed E-state index contributed by atoms with van der Waals surface area (Å²) >= 11 is 6.35. The highest BCUT2D eigenvalue weighted by Gasteiger charge is 2.38. The van der Waals surface area contributed by atoms with Gasteiger partial charge in [0.2, 0.25) is 0 Å². The number of unbranched alkanes of at least 4 members (excludes halogenated alkanes) is 1. The molecule has 2 aromatic carbocycles. The van der Waals surface area contributed by atoms with Crippen LogP contribution in [0.2, 0.25) is 5.02 Å². The molecule has 0 fully saturated rings. The predicted octanol–water partition coefficient (Wildman–Crippen LogP) is 6.24. The maximum atomic E-state index is 10.6. The van der Waals surface area contributed by atoms with Crippen LogP contribution >= 0.6 is 11.6 Å². The first kappa shape index (κ1) is 25.3. The monoisotopic (exact) mass is 468 g/mol. The number of ether oxygens (including phenoxy) is 1. The van der Waals surface area contributed by atoms with Crippen molar-refractivity contribution in [1.29, 1.82) is 0 Å². The lowest BCUT2D eigenvalue weighted by molar-refractivity contribution is -0.192. The molecule has 0 aliphatic heterocycles. The molecule has 0 aliphatic carbocycles. The van der Waals surface area contributed by atoms with Crippen molar-refractivity contribution in [3.63, 3.8) is 0 Å². The molecular formula is C23H24ClF3N2O3. The van der Waals surface area contributed by atoms with Crippen LogP contribution in [0.15, 0.2) is 54.9 Å². The highest BCUT2D eigenvalue weighted by molar-refractivity contribution is 6.31. The lowest BCUT2D eigenvalue weighted by atomic mass is 10.1. The SMILES string of the molecule is CCCCc1c(-c2ccccc2OC)ncn1Cc1ccccc1Cl.O=C(O)C(F)(F)F. The number of hydrogen-bond acceptors (Lipinski definition) is 3. The van der Waals surface area contributed by atoms with E-state index in [1.165, 1.54) is 5.69 Å². The van der Waals surface area contributed by atoms with E-state index >= 15 is 0 Å². The number of aliphatic carboxylic acids is 1. The summed E-state index contributed by atoms with van der Waals surface area (Å²) in [6.45, 7) is 2.93. The van der Waals surface area contributed by atoms with Gasteiger partial charge >= 0.3 is 12.1 Å². The molecule has 3 aromatic rings. The van der Waals surface area contributed by atoms with Gasteiger partial charge in [0.15, 0.2) is 0 Å². The van der Waals surface area contributed by atoms with E-state index in [9.17, 15) is 13.2 Å². The van der Waals surface area contributed by atoms with Crippen molar-refractivity contribution in [2.24, 2.45) is 0 Å². The highest BCUT2D eigenvalue weighted by atomic mass is 35.5. The molecule has 1 N–H and O–H groups in total. The highest BCUT2D eigenvalue weighted by Crippen LogP contribution is 2.32. The Morgan fingerprint density at radius 2 is 1.78 bits per heavy atom. The van der Waals surface area contributed by atoms with E-state index in [0.717, 1.165) is 53.4 Å². The molecule has 0 saturated heterocycles. The van der Waals surface area contributed by atoms with Gasteiger partial charge < -0.3 is 14.4 Å². The molecule has 9 heteroatoms. The number of halogens is 4. The Labute approximate surface area is 189 Å². The van der Waals surface area contributed by atoms with Crippen LogP contribution in [0, 0.1) is 0 Å². The second-order valence-electron chi connectivity index (χ2n) is 6.87. The Balaban J connectivity index is 0.000000451. The minimum absolute atomic E-state index is 0.723. The number of hydrogen-bond donors (Lipinski definition) is 1. The number of aromatic nitrogens is 2. The zero-order valence-electron chi connectivity index (χ0n) is 17.7. The average molecular weight is 469 g/mol. The minimum Gasteiger partial charge on any atom is -0.496 e. The summed E-state index contributed by atoms with van der Waals surface area (Å²) in [5, 5.41) is 7.91. The lowest BCUT2D eigenvalue weighted by Gasteiger charge is -2.12. The number of carboxylic acid groups (broad SMARTS) is 1. The number of benzene rings is 2. The van der Waals surface area contributed by atoms with Crippen molar-refractivity contribution in [3.8, 4) is 17.0 Å². The van der Waals surface area contributed by atoms with E-state index in [-0.39, 0.29) is 0 Å². The van der Waals surface area contributed by atoms with Crippen LogP contribution in [0.5, 0.6) is 5.75 Å². The Bertz CT molecular complexity index is 1040. The largest absolute Gasteiger partial charge is 0.496 e. The van der Waals surface area contributed by atoms with Gasteiger partial charge in [-0.2, -0.15) is 13.2 Å². The molecular weight excluding hydrogens is 445 g/mol. The molecule has 172 valence electrons. The zero-order valence-corrected chi connectivity index (χ0v) is 18.5. The van der Waals surface area contributed by atoms with E-state index < -0.39 is 12.1 Å². The van der Waals surface area contributed by atoms with E-state index in [2.05, 4.69) is 23.6 Å². The predicted molar refractivity (Wildman–Crippen MR) is 117 cm³/mol. The van der Waals surface area contributed by atoms with Gasteiger partial charge in [0, 0.05) is 16.3 Å². The van der Waals surface area contributed by atoms with Crippen molar-refractivity contribution >= 4 is 17.6 Å². The number of imidazole rings is 1. The second-order valence-corrected chi connectivity index (χ2v) is 7.27. The minimum atomic E-state index is -5.08. The fourth-order valence-corrected chi connectivity index (χ4v) is 3.22. The number of methoxy groups -OCH3 is 1. The topological polar surface area (TPSA) is 64.4 Å². The quantitative estimate of drug-likeness (QED) is 0.446. The van der Waals surface area contributed by atoms with Gasteiger partial charge in [-0.3, -0.25) is 0 Å². The number of carbonyl (C=O) groups is 1. The first-order chi connectivity index (χ1) is 15.2. The summed E-state index contributed by atoms with van der Waals surface area (Å²) in [5.74, 6) is -1.91. The molecule has 0 amide bonds.